The molecular weight excluding hydrogens is 224 g/mol. The van der Waals surface area contributed by atoms with Gasteiger partial charge in [-0.2, -0.15) is 0 Å². The molecule has 1 amide bonds. The van der Waals surface area contributed by atoms with Crippen LogP contribution in [0.25, 0.3) is 0 Å². The Bertz CT molecular complexity index is 377. The fourth-order valence-electron chi connectivity index (χ4n) is 1.47. The molecule has 0 heterocycles. The number of rotatable bonds is 4. The van der Waals surface area contributed by atoms with E-state index in [2.05, 4.69) is 5.32 Å². The zero-order chi connectivity index (χ0) is 12.2. The number of carbonyl (C=O) groups is 1. The molecule has 88 valence electrons. The predicted octanol–water partition coefficient (Wildman–Crippen LogP) is 2.80. The maximum Gasteiger partial charge on any atom is 0.244 e. The van der Waals surface area contributed by atoms with E-state index in [9.17, 15) is 4.79 Å². The van der Waals surface area contributed by atoms with Crippen LogP contribution in [0.5, 0.6) is 0 Å². The lowest BCUT2D eigenvalue weighted by atomic mass is 9.96. The van der Waals surface area contributed by atoms with Gasteiger partial charge in [-0.05, 0) is 31.5 Å². The van der Waals surface area contributed by atoms with Crippen molar-refractivity contribution in [3.63, 3.8) is 0 Å². The van der Waals surface area contributed by atoms with Gasteiger partial charge in [-0.15, -0.1) is 0 Å². The zero-order valence-corrected chi connectivity index (χ0v) is 10.3. The minimum Gasteiger partial charge on any atom is -0.324 e. The average molecular weight is 241 g/mol. The largest absolute Gasteiger partial charge is 0.324 e. The van der Waals surface area contributed by atoms with Crippen LogP contribution < -0.4 is 11.1 Å². The second-order valence-corrected chi connectivity index (χ2v) is 4.57. The molecule has 1 aromatic rings. The van der Waals surface area contributed by atoms with E-state index < -0.39 is 5.54 Å². The molecule has 0 aliphatic carbocycles. The van der Waals surface area contributed by atoms with Crippen molar-refractivity contribution in [1.29, 1.82) is 0 Å². The number of halogens is 1. The molecule has 0 spiro atoms. The highest BCUT2D eigenvalue weighted by Gasteiger charge is 2.26. The Morgan fingerprint density at radius 1 is 1.56 bits per heavy atom. The Kier molecular flexibility index (Phi) is 4.33. The van der Waals surface area contributed by atoms with E-state index in [1.807, 2.05) is 6.92 Å². The van der Waals surface area contributed by atoms with E-state index in [0.29, 0.717) is 17.1 Å². The minimum atomic E-state index is -0.836. The number of anilines is 1. The van der Waals surface area contributed by atoms with Gasteiger partial charge in [-0.3, -0.25) is 4.79 Å². The van der Waals surface area contributed by atoms with E-state index >= 15 is 0 Å². The van der Waals surface area contributed by atoms with Crippen LogP contribution in [0, 0.1) is 0 Å². The third-order valence-corrected chi connectivity index (χ3v) is 2.61. The summed E-state index contributed by atoms with van der Waals surface area (Å²) in [5.41, 5.74) is 5.75. The van der Waals surface area contributed by atoms with Crippen molar-refractivity contribution in [2.24, 2.45) is 5.73 Å². The molecule has 16 heavy (non-hydrogen) atoms. The molecule has 0 saturated heterocycles. The number of nitrogens with one attached hydrogen (secondary N) is 1. The van der Waals surface area contributed by atoms with Crippen molar-refractivity contribution in [3.05, 3.63) is 29.3 Å². The molecule has 4 heteroatoms. The second kappa shape index (κ2) is 5.32. The van der Waals surface area contributed by atoms with Crippen LogP contribution >= 0.6 is 11.6 Å². The molecule has 0 aliphatic heterocycles. The maximum atomic E-state index is 11.9. The Balaban J connectivity index is 2.71. The van der Waals surface area contributed by atoms with Gasteiger partial charge in [0.05, 0.1) is 5.54 Å². The van der Waals surface area contributed by atoms with Crippen LogP contribution in [0.3, 0.4) is 0 Å². The fourth-order valence-corrected chi connectivity index (χ4v) is 1.66. The Morgan fingerprint density at radius 3 is 2.81 bits per heavy atom. The third kappa shape index (κ3) is 3.51. The molecule has 0 fully saturated rings. The standard InChI is InChI=1S/C12H17ClN2O/c1-3-7-12(2,14)11(16)15-10-6-4-5-9(13)8-10/h4-6,8H,3,7,14H2,1-2H3,(H,15,16). The van der Waals surface area contributed by atoms with Crippen LogP contribution in [-0.2, 0) is 4.79 Å². The second-order valence-electron chi connectivity index (χ2n) is 4.13. The maximum absolute atomic E-state index is 11.9. The monoisotopic (exact) mass is 240 g/mol. The number of nitrogens with two attached hydrogens (primary N) is 1. The summed E-state index contributed by atoms with van der Waals surface area (Å²) in [5, 5.41) is 3.35. The van der Waals surface area contributed by atoms with Crippen molar-refractivity contribution in [3.8, 4) is 0 Å². The molecule has 1 atom stereocenters. The summed E-state index contributed by atoms with van der Waals surface area (Å²) in [7, 11) is 0. The molecule has 1 aromatic carbocycles. The number of amides is 1. The van der Waals surface area contributed by atoms with E-state index in [-0.39, 0.29) is 5.91 Å². The number of hydrogen-bond acceptors (Lipinski definition) is 2. The van der Waals surface area contributed by atoms with Crippen LogP contribution in [0.1, 0.15) is 26.7 Å². The third-order valence-electron chi connectivity index (χ3n) is 2.37. The molecular formula is C12H17ClN2O. The van der Waals surface area contributed by atoms with Gasteiger partial charge in [0.1, 0.15) is 0 Å². The minimum absolute atomic E-state index is 0.184. The summed E-state index contributed by atoms with van der Waals surface area (Å²) in [6.45, 7) is 3.73. The molecule has 3 nitrogen and oxygen atoms in total. The zero-order valence-electron chi connectivity index (χ0n) is 9.59. The molecule has 3 N–H and O–H groups in total. The van der Waals surface area contributed by atoms with Crippen molar-refractivity contribution < 1.29 is 4.79 Å². The van der Waals surface area contributed by atoms with Crippen molar-refractivity contribution >= 4 is 23.2 Å². The summed E-state index contributed by atoms with van der Waals surface area (Å²) in [6.07, 6.45) is 1.52. The number of carbonyl (C=O) groups excluding carboxylic acids is 1. The molecule has 0 saturated carbocycles. The molecule has 0 aromatic heterocycles. The van der Waals surface area contributed by atoms with Crippen LogP contribution in [0.2, 0.25) is 5.02 Å². The van der Waals surface area contributed by atoms with Crippen molar-refractivity contribution in [2.45, 2.75) is 32.2 Å². The summed E-state index contributed by atoms with van der Waals surface area (Å²) >= 11 is 5.82. The SMILES string of the molecule is CCCC(C)(N)C(=O)Nc1cccc(Cl)c1. The Hall–Kier alpha value is -1.06. The number of benzene rings is 1. The van der Waals surface area contributed by atoms with E-state index in [0.717, 1.165) is 6.42 Å². The lowest BCUT2D eigenvalue weighted by Gasteiger charge is -2.22. The van der Waals surface area contributed by atoms with Crippen molar-refractivity contribution in [1.82, 2.24) is 0 Å². The first-order chi connectivity index (χ1) is 7.45. The molecule has 1 rings (SSSR count). The van der Waals surface area contributed by atoms with Gasteiger partial charge in [-0.25, -0.2) is 0 Å². The van der Waals surface area contributed by atoms with Gasteiger partial charge in [-0.1, -0.05) is 31.0 Å². The molecule has 0 bridgehead atoms. The van der Waals surface area contributed by atoms with Gasteiger partial charge >= 0.3 is 0 Å². The first-order valence-electron chi connectivity index (χ1n) is 5.31. The highest BCUT2D eigenvalue weighted by Crippen LogP contribution is 2.17. The fraction of sp³-hybridized carbons (Fsp3) is 0.417. The molecule has 1 unspecified atom stereocenters. The summed E-state index contributed by atoms with van der Waals surface area (Å²) in [4.78, 5) is 11.9. The van der Waals surface area contributed by atoms with Gasteiger partial charge in [0.2, 0.25) is 5.91 Å². The van der Waals surface area contributed by atoms with Gasteiger partial charge in [0, 0.05) is 10.7 Å². The summed E-state index contributed by atoms with van der Waals surface area (Å²) in [5.74, 6) is -0.184. The normalized spacial score (nSPS) is 14.2. The predicted molar refractivity (Wildman–Crippen MR) is 67.6 cm³/mol. The topological polar surface area (TPSA) is 55.1 Å². The Labute approximate surface area is 101 Å². The van der Waals surface area contributed by atoms with Gasteiger partial charge < -0.3 is 11.1 Å². The van der Waals surface area contributed by atoms with Crippen LogP contribution in [0.4, 0.5) is 5.69 Å². The van der Waals surface area contributed by atoms with E-state index in [4.69, 9.17) is 17.3 Å². The van der Waals surface area contributed by atoms with Crippen LogP contribution in [0.15, 0.2) is 24.3 Å². The average Bonchev–Trinajstić information content (AvgIpc) is 2.17. The first kappa shape index (κ1) is 13.0. The summed E-state index contributed by atoms with van der Waals surface area (Å²) in [6, 6.07) is 7.02. The Morgan fingerprint density at radius 2 is 2.25 bits per heavy atom. The lowest BCUT2D eigenvalue weighted by Crippen LogP contribution is -2.48. The van der Waals surface area contributed by atoms with E-state index in [1.54, 1.807) is 31.2 Å². The van der Waals surface area contributed by atoms with E-state index in [1.165, 1.54) is 0 Å². The summed E-state index contributed by atoms with van der Waals surface area (Å²) < 4.78 is 0. The highest BCUT2D eigenvalue weighted by atomic mass is 35.5. The number of hydrogen-bond donors (Lipinski definition) is 2. The highest BCUT2D eigenvalue weighted by molar-refractivity contribution is 6.30. The van der Waals surface area contributed by atoms with Crippen LogP contribution in [-0.4, -0.2) is 11.4 Å². The quantitative estimate of drug-likeness (QED) is 0.850. The smallest absolute Gasteiger partial charge is 0.244 e. The van der Waals surface area contributed by atoms with Gasteiger partial charge in [0.15, 0.2) is 0 Å². The lowest BCUT2D eigenvalue weighted by molar-refractivity contribution is -0.120. The van der Waals surface area contributed by atoms with Gasteiger partial charge in [0.25, 0.3) is 0 Å². The molecule has 0 radical (unpaired) electrons. The first-order valence-corrected chi connectivity index (χ1v) is 5.69. The molecule has 0 aliphatic rings. The van der Waals surface area contributed by atoms with Crippen molar-refractivity contribution in [2.75, 3.05) is 5.32 Å².